The summed E-state index contributed by atoms with van der Waals surface area (Å²) in [5.41, 5.74) is 1.54. The van der Waals surface area contributed by atoms with Crippen molar-refractivity contribution >= 4 is 5.91 Å². The number of hydrogen-bond acceptors (Lipinski definition) is 4. The number of para-hydroxylation sites is 1. The molecule has 1 aromatic carbocycles. The molecule has 130 valence electrons. The molecule has 0 radical (unpaired) electrons. The number of aryl methyl sites for hydroxylation is 2. The van der Waals surface area contributed by atoms with E-state index in [1.54, 1.807) is 42.4 Å². The standard InChI is InChI=1S/C18H21N5O2/c1-22-11-9-19-17(22)8-5-10-23(2)18(25)15-12-14(20-21-15)13-6-3-4-7-16(13)24/h3-4,6-7,9,11-12,24H,5,8,10H2,1-2H3,(H,20,21). The molecule has 0 aliphatic heterocycles. The SMILES string of the molecule is CN(CCCc1nccn1C)C(=O)c1cc(-c2ccccc2O)n[nH]1. The highest BCUT2D eigenvalue weighted by Gasteiger charge is 2.16. The highest BCUT2D eigenvalue weighted by atomic mass is 16.3. The van der Waals surface area contributed by atoms with Crippen LogP contribution in [0.3, 0.4) is 0 Å². The van der Waals surface area contributed by atoms with Crippen LogP contribution in [0.4, 0.5) is 0 Å². The quantitative estimate of drug-likeness (QED) is 0.721. The van der Waals surface area contributed by atoms with E-state index in [-0.39, 0.29) is 11.7 Å². The Morgan fingerprint density at radius 2 is 2.16 bits per heavy atom. The summed E-state index contributed by atoms with van der Waals surface area (Å²) in [6.45, 7) is 0.622. The van der Waals surface area contributed by atoms with Crippen LogP contribution in [-0.4, -0.2) is 49.3 Å². The molecule has 0 fully saturated rings. The second-order valence-electron chi connectivity index (χ2n) is 5.97. The van der Waals surface area contributed by atoms with Crippen LogP contribution in [0, 0.1) is 0 Å². The lowest BCUT2D eigenvalue weighted by molar-refractivity contribution is 0.0787. The number of nitrogens with zero attached hydrogens (tertiary/aromatic N) is 4. The van der Waals surface area contributed by atoms with Gasteiger partial charge < -0.3 is 14.6 Å². The highest BCUT2D eigenvalue weighted by molar-refractivity contribution is 5.93. The number of carbonyl (C=O) groups excluding carboxylic acids is 1. The minimum absolute atomic E-state index is 0.131. The van der Waals surface area contributed by atoms with Crippen LogP contribution >= 0.6 is 0 Å². The normalized spacial score (nSPS) is 10.8. The average molecular weight is 339 g/mol. The summed E-state index contributed by atoms with van der Waals surface area (Å²) < 4.78 is 1.98. The van der Waals surface area contributed by atoms with Crippen molar-refractivity contribution in [2.75, 3.05) is 13.6 Å². The zero-order chi connectivity index (χ0) is 17.8. The first-order valence-electron chi connectivity index (χ1n) is 8.11. The van der Waals surface area contributed by atoms with Crippen LogP contribution in [0.1, 0.15) is 22.7 Å². The number of benzene rings is 1. The number of aromatic hydroxyl groups is 1. The van der Waals surface area contributed by atoms with Gasteiger partial charge in [-0.25, -0.2) is 4.98 Å². The molecule has 7 heteroatoms. The van der Waals surface area contributed by atoms with E-state index >= 15 is 0 Å². The predicted molar refractivity (Wildman–Crippen MR) is 94.2 cm³/mol. The van der Waals surface area contributed by atoms with Gasteiger partial charge in [0.2, 0.25) is 0 Å². The third-order valence-corrected chi connectivity index (χ3v) is 4.15. The van der Waals surface area contributed by atoms with Gasteiger partial charge in [0.1, 0.15) is 17.3 Å². The molecule has 7 nitrogen and oxygen atoms in total. The monoisotopic (exact) mass is 339 g/mol. The van der Waals surface area contributed by atoms with Crippen molar-refractivity contribution in [1.29, 1.82) is 0 Å². The van der Waals surface area contributed by atoms with Crippen LogP contribution < -0.4 is 0 Å². The summed E-state index contributed by atoms with van der Waals surface area (Å²) in [6.07, 6.45) is 5.32. The molecule has 0 aliphatic rings. The Morgan fingerprint density at radius 3 is 2.88 bits per heavy atom. The van der Waals surface area contributed by atoms with Crippen molar-refractivity contribution in [3.05, 3.63) is 54.2 Å². The van der Waals surface area contributed by atoms with Crippen LogP contribution in [-0.2, 0) is 13.5 Å². The number of hydrogen-bond donors (Lipinski definition) is 2. The Balaban J connectivity index is 1.61. The van der Waals surface area contributed by atoms with Crippen LogP contribution in [0.15, 0.2) is 42.7 Å². The third-order valence-electron chi connectivity index (χ3n) is 4.15. The number of rotatable bonds is 6. The molecule has 2 aromatic heterocycles. The first kappa shape index (κ1) is 16.8. The number of amides is 1. The van der Waals surface area contributed by atoms with Crippen molar-refractivity contribution in [1.82, 2.24) is 24.6 Å². The Labute approximate surface area is 145 Å². The van der Waals surface area contributed by atoms with Crippen molar-refractivity contribution in [2.24, 2.45) is 7.05 Å². The van der Waals surface area contributed by atoms with Gasteiger partial charge in [-0.15, -0.1) is 0 Å². The van der Waals surface area contributed by atoms with Crippen molar-refractivity contribution in [3.63, 3.8) is 0 Å². The Bertz CT molecular complexity index is 868. The number of imidazole rings is 1. The third kappa shape index (κ3) is 3.71. The molecular formula is C18H21N5O2. The van der Waals surface area contributed by atoms with Crippen molar-refractivity contribution < 1.29 is 9.90 Å². The van der Waals surface area contributed by atoms with E-state index in [4.69, 9.17) is 0 Å². The van der Waals surface area contributed by atoms with Gasteiger partial charge in [-0.05, 0) is 24.6 Å². The zero-order valence-electron chi connectivity index (χ0n) is 14.3. The Kier molecular flexibility index (Phi) is 4.83. The van der Waals surface area contributed by atoms with Gasteiger partial charge in [0.05, 0.1) is 5.69 Å². The molecule has 25 heavy (non-hydrogen) atoms. The highest BCUT2D eigenvalue weighted by Crippen LogP contribution is 2.27. The molecule has 0 saturated carbocycles. The van der Waals surface area contributed by atoms with E-state index in [9.17, 15) is 9.90 Å². The summed E-state index contributed by atoms with van der Waals surface area (Å²) in [7, 11) is 3.73. The number of phenolic OH excluding ortho intramolecular Hbond substituents is 1. The van der Waals surface area contributed by atoms with E-state index in [1.165, 1.54) is 0 Å². The van der Waals surface area contributed by atoms with E-state index < -0.39 is 0 Å². The first-order chi connectivity index (χ1) is 12.1. The van der Waals surface area contributed by atoms with Crippen LogP contribution in [0.25, 0.3) is 11.3 Å². The lowest BCUT2D eigenvalue weighted by Gasteiger charge is -2.15. The summed E-state index contributed by atoms with van der Waals surface area (Å²) in [5.74, 6) is 1.01. The summed E-state index contributed by atoms with van der Waals surface area (Å²) in [6, 6.07) is 8.57. The summed E-state index contributed by atoms with van der Waals surface area (Å²) >= 11 is 0. The lowest BCUT2D eigenvalue weighted by Crippen LogP contribution is -2.28. The van der Waals surface area contributed by atoms with Crippen LogP contribution in [0.5, 0.6) is 5.75 Å². The largest absolute Gasteiger partial charge is 0.507 e. The number of carbonyl (C=O) groups is 1. The number of nitrogens with one attached hydrogen (secondary N) is 1. The van der Waals surface area contributed by atoms with E-state index in [0.29, 0.717) is 23.5 Å². The number of aromatic amines is 1. The lowest BCUT2D eigenvalue weighted by atomic mass is 10.1. The molecule has 0 aliphatic carbocycles. The van der Waals surface area contributed by atoms with E-state index in [0.717, 1.165) is 18.7 Å². The Hall–Kier alpha value is -3.09. The molecule has 2 N–H and O–H groups in total. The number of H-pyrrole nitrogens is 1. The van der Waals surface area contributed by atoms with Crippen molar-refractivity contribution in [3.8, 4) is 17.0 Å². The number of aromatic nitrogens is 4. The van der Waals surface area contributed by atoms with Gasteiger partial charge in [0.25, 0.3) is 5.91 Å². The summed E-state index contributed by atoms with van der Waals surface area (Å²) in [5, 5.41) is 16.8. The maximum Gasteiger partial charge on any atom is 0.271 e. The predicted octanol–water partition coefficient (Wildman–Crippen LogP) is 2.22. The molecule has 0 bridgehead atoms. The molecule has 0 saturated heterocycles. The molecule has 1 amide bonds. The van der Waals surface area contributed by atoms with Gasteiger partial charge in [0.15, 0.2) is 0 Å². The topological polar surface area (TPSA) is 87.0 Å². The molecule has 0 atom stereocenters. The average Bonchev–Trinajstić information content (AvgIpc) is 3.24. The molecule has 0 unspecified atom stereocenters. The maximum atomic E-state index is 12.5. The zero-order valence-corrected chi connectivity index (χ0v) is 14.3. The van der Waals surface area contributed by atoms with Gasteiger partial charge >= 0.3 is 0 Å². The fourth-order valence-corrected chi connectivity index (χ4v) is 2.68. The smallest absolute Gasteiger partial charge is 0.271 e. The first-order valence-corrected chi connectivity index (χ1v) is 8.11. The minimum Gasteiger partial charge on any atom is -0.507 e. The molecule has 0 spiro atoms. The van der Waals surface area contributed by atoms with Gasteiger partial charge in [-0.3, -0.25) is 9.89 Å². The summed E-state index contributed by atoms with van der Waals surface area (Å²) in [4.78, 5) is 18.4. The van der Waals surface area contributed by atoms with Gasteiger partial charge in [-0.2, -0.15) is 5.10 Å². The fourth-order valence-electron chi connectivity index (χ4n) is 2.68. The Morgan fingerprint density at radius 1 is 1.36 bits per heavy atom. The van der Waals surface area contributed by atoms with Crippen LogP contribution in [0.2, 0.25) is 0 Å². The molecule has 3 rings (SSSR count). The molecule has 2 heterocycles. The minimum atomic E-state index is -0.131. The molecule has 3 aromatic rings. The van der Waals surface area contributed by atoms with Crippen molar-refractivity contribution in [2.45, 2.75) is 12.8 Å². The second kappa shape index (κ2) is 7.21. The maximum absolute atomic E-state index is 12.5. The van der Waals surface area contributed by atoms with E-state index in [1.807, 2.05) is 23.9 Å². The van der Waals surface area contributed by atoms with E-state index in [2.05, 4.69) is 15.2 Å². The fraction of sp³-hybridized carbons (Fsp3) is 0.278. The van der Waals surface area contributed by atoms with Gasteiger partial charge in [0, 0.05) is 45.0 Å². The van der Waals surface area contributed by atoms with Gasteiger partial charge in [-0.1, -0.05) is 12.1 Å². The molecular weight excluding hydrogens is 318 g/mol. The second-order valence-corrected chi connectivity index (χ2v) is 5.97. The number of phenols is 1.